The third kappa shape index (κ3) is 3.20. The van der Waals surface area contributed by atoms with Crippen LogP contribution in [0.15, 0.2) is 30.6 Å². The van der Waals surface area contributed by atoms with Crippen molar-refractivity contribution in [1.29, 1.82) is 0 Å². The Balaban J connectivity index is 1.82. The number of nitrogens with two attached hydrogens (primary N) is 1. The number of hydrogen-bond acceptors (Lipinski definition) is 4. The lowest BCUT2D eigenvalue weighted by atomic mass is 10.3. The summed E-state index contributed by atoms with van der Waals surface area (Å²) in [5, 5.41) is 11.5. The van der Waals surface area contributed by atoms with Gasteiger partial charge in [0.2, 0.25) is 0 Å². The second-order valence-electron chi connectivity index (χ2n) is 3.37. The number of urea groups is 1. The highest BCUT2D eigenvalue weighted by molar-refractivity contribution is 5.88. The van der Waals surface area contributed by atoms with E-state index < -0.39 is 0 Å². The van der Waals surface area contributed by atoms with Crippen molar-refractivity contribution in [3.8, 4) is 0 Å². The summed E-state index contributed by atoms with van der Waals surface area (Å²) < 4.78 is 0. The molecule has 0 spiro atoms. The van der Waals surface area contributed by atoms with Gasteiger partial charge in [-0.15, -0.1) is 0 Å². The lowest BCUT2D eigenvalue weighted by Crippen LogP contribution is -2.28. The van der Waals surface area contributed by atoms with Crippen LogP contribution in [0.1, 0.15) is 5.56 Å². The predicted octanol–water partition coefficient (Wildman–Crippen LogP) is 0.709. The van der Waals surface area contributed by atoms with Crippen LogP contribution in [0, 0.1) is 0 Å². The summed E-state index contributed by atoms with van der Waals surface area (Å²) in [5.41, 5.74) is 6.39. The minimum Gasteiger partial charge on any atom is -0.384 e. The van der Waals surface area contributed by atoms with Gasteiger partial charge in [0.05, 0.1) is 0 Å². The predicted molar refractivity (Wildman–Crippen MR) is 63.1 cm³/mol. The van der Waals surface area contributed by atoms with Gasteiger partial charge in [0.25, 0.3) is 0 Å². The van der Waals surface area contributed by atoms with Crippen LogP contribution in [0.25, 0.3) is 0 Å². The molecular weight excluding hydrogens is 220 g/mol. The largest absolute Gasteiger partial charge is 0.384 e. The molecule has 0 aliphatic carbocycles. The molecule has 5 N–H and O–H groups in total. The highest BCUT2D eigenvalue weighted by Gasteiger charge is 2.03. The van der Waals surface area contributed by atoms with E-state index in [0.29, 0.717) is 18.2 Å². The average Bonchev–Trinajstić information content (AvgIpc) is 2.73. The van der Waals surface area contributed by atoms with Crippen molar-refractivity contribution >= 4 is 17.7 Å². The maximum absolute atomic E-state index is 11.5. The number of pyridine rings is 1. The number of anilines is 2. The molecule has 0 radical (unpaired) electrons. The van der Waals surface area contributed by atoms with Gasteiger partial charge in [0.1, 0.15) is 5.82 Å². The Morgan fingerprint density at radius 1 is 1.41 bits per heavy atom. The zero-order valence-corrected chi connectivity index (χ0v) is 8.97. The summed E-state index contributed by atoms with van der Waals surface area (Å²) in [6.45, 7) is 0.425. The van der Waals surface area contributed by atoms with Gasteiger partial charge in [-0.05, 0) is 17.7 Å². The van der Waals surface area contributed by atoms with Crippen LogP contribution in [0.5, 0.6) is 0 Å². The molecule has 0 aliphatic rings. The molecule has 2 aromatic heterocycles. The van der Waals surface area contributed by atoms with Gasteiger partial charge in [-0.2, -0.15) is 5.10 Å². The van der Waals surface area contributed by atoms with Crippen molar-refractivity contribution in [2.45, 2.75) is 6.54 Å². The molecule has 0 fully saturated rings. The summed E-state index contributed by atoms with van der Waals surface area (Å²) in [7, 11) is 0. The van der Waals surface area contributed by atoms with Gasteiger partial charge in [-0.3, -0.25) is 15.4 Å². The van der Waals surface area contributed by atoms with Crippen molar-refractivity contribution in [2.24, 2.45) is 0 Å². The summed E-state index contributed by atoms with van der Waals surface area (Å²) >= 11 is 0. The molecule has 0 aliphatic heterocycles. The molecule has 17 heavy (non-hydrogen) atoms. The molecule has 2 amide bonds. The molecular formula is C10H12N6O. The lowest BCUT2D eigenvalue weighted by molar-refractivity contribution is 0.251. The summed E-state index contributed by atoms with van der Waals surface area (Å²) in [6, 6.07) is 4.85. The molecule has 7 heteroatoms. The van der Waals surface area contributed by atoms with Gasteiger partial charge in [0, 0.05) is 25.0 Å². The third-order valence-electron chi connectivity index (χ3n) is 2.04. The van der Waals surface area contributed by atoms with E-state index in [9.17, 15) is 4.79 Å². The van der Waals surface area contributed by atoms with Crippen LogP contribution < -0.4 is 16.4 Å². The van der Waals surface area contributed by atoms with Crippen molar-refractivity contribution in [3.05, 3.63) is 36.2 Å². The van der Waals surface area contributed by atoms with E-state index >= 15 is 0 Å². The highest BCUT2D eigenvalue weighted by atomic mass is 16.2. The van der Waals surface area contributed by atoms with E-state index in [1.165, 1.54) is 6.07 Å². The van der Waals surface area contributed by atoms with E-state index in [-0.39, 0.29) is 6.03 Å². The molecule has 2 rings (SSSR count). The Hall–Kier alpha value is -2.57. The number of aromatic amines is 1. The van der Waals surface area contributed by atoms with Crippen molar-refractivity contribution in [3.63, 3.8) is 0 Å². The van der Waals surface area contributed by atoms with Crippen molar-refractivity contribution < 1.29 is 4.79 Å². The number of aromatic nitrogens is 3. The SMILES string of the molecule is Nc1cc(NC(=O)NCc2ccncc2)n[nH]1. The van der Waals surface area contributed by atoms with E-state index in [4.69, 9.17) is 5.73 Å². The summed E-state index contributed by atoms with van der Waals surface area (Å²) in [6.07, 6.45) is 3.34. The molecule has 0 unspecified atom stereocenters. The quantitative estimate of drug-likeness (QED) is 0.624. The molecule has 0 aromatic carbocycles. The number of carbonyl (C=O) groups is 1. The Bertz CT molecular complexity index is 495. The fraction of sp³-hybridized carbons (Fsp3) is 0.100. The third-order valence-corrected chi connectivity index (χ3v) is 2.04. The molecule has 0 bridgehead atoms. The smallest absolute Gasteiger partial charge is 0.320 e. The fourth-order valence-corrected chi connectivity index (χ4v) is 1.24. The second kappa shape index (κ2) is 4.97. The monoisotopic (exact) mass is 232 g/mol. The first-order chi connectivity index (χ1) is 8.24. The maximum Gasteiger partial charge on any atom is 0.320 e. The molecule has 0 saturated carbocycles. The molecule has 7 nitrogen and oxygen atoms in total. The van der Waals surface area contributed by atoms with E-state index in [1.54, 1.807) is 12.4 Å². The van der Waals surface area contributed by atoms with Gasteiger partial charge in [-0.25, -0.2) is 4.79 Å². The number of hydrogen-bond donors (Lipinski definition) is 4. The summed E-state index contributed by atoms with van der Waals surface area (Å²) in [5.74, 6) is 0.782. The first-order valence-electron chi connectivity index (χ1n) is 4.98. The van der Waals surface area contributed by atoms with Gasteiger partial charge < -0.3 is 11.1 Å². The Labute approximate surface area is 97.4 Å². The molecule has 0 saturated heterocycles. The highest BCUT2D eigenvalue weighted by Crippen LogP contribution is 2.05. The number of nitrogens with one attached hydrogen (secondary N) is 3. The number of carbonyl (C=O) groups excluding carboxylic acids is 1. The van der Waals surface area contributed by atoms with Crippen molar-refractivity contribution in [1.82, 2.24) is 20.5 Å². The zero-order valence-electron chi connectivity index (χ0n) is 8.97. The first-order valence-corrected chi connectivity index (χ1v) is 4.98. The van der Waals surface area contributed by atoms with Gasteiger partial charge in [0.15, 0.2) is 5.82 Å². The number of amides is 2. The van der Waals surface area contributed by atoms with Gasteiger partial charge >= 0.3 is 6.03 Å². The van der Waals surface area contributed by atoms with E-state index in [1.807, 2.05) is 12.1 Å². The molecule has 2 aromatic rings. The minimum atomic E-state index is -0.340. The van der Waals surface area contributed by atoms with Crippen LogP contribution in [0.2, 0.25) is 0 Å². The van der Waals surface area contributed by atoms with Crippen LogP contribution in [0.3, 0.4) is 0 Å². The molecule has 88 valence electrons. The normalized spacial score (nSPS) is 9.88. The Kier molecular flexibility index (Phi) is 3.20. The standard InChI is InChI=1S/C10H12N6O/c11-8-5-9(16-15-8)14-10(17)13-6-7-1-3-12-4-2-7/h1-5H,6H2,(H5,11,13,14,15,16,17). The Morgan fingerprint density at radius 3 is 2.82 bits per heavy atom. The van der Waals surface area contributed by atoms with Crippen LogP contribution in [0.4, 0.5) is 16.4 Å². The fourth-order valence-electron chi connectivity index (χ4n) is 1.24. The number of nitrogens with zero attached hydrogens (tertiary/aromatic N) is 2. The van der Waals surface area contributed by atoms with Crippen molar-refractivity contribution in [2.75, 3.05) is 11.1 Å². The second-order valence-corrected chi connectivity index (χ2v) is 3.37. The first kappa shape index (κ1) is 10.9. The zero-order chi connectivity index (χ0) is 12.1. The number of rotatable bonds is 3. The average molecular weight is 232 g/mol. The minimum absolute atomic E-state index is 0.340. The van der Waals surface area contributed by atoms with E-state index in [0.717, 1.165) is 5.56 Å². The van der Waals surface area contributed by atoms with Crippen LogP contribution in [-0.2, 0) is 6.54 Å². The molecule has 2 heterocycles. The Morgan fingerprint density at radius 2 is 2.18 bits per heavy atom. The van der Waals surface area contributed by atoms with E-state index in [2.05, 4.69) is 25.8 Å². The van der Waals surface area contributed by atoms with Gasteiger partial charge in [-0.1, -0.05) is 0 Å². The van der Waals surface area contributed by atoms with Crippen LogP contribution >= 0.6 is 0 Å². The summed E-state index contributed by atoms with van der Waals surface area (Å²) in [4.78, 5) is 15.3. The topological polar surface area (TPSA) is 109 Å². The number of nitrogen functional groups attached to an aromatic ring is 1. The maximum atomic E-state index is 11.5. The number of H-pyrrole nitrogens is 1. The molecule has 0 atom stereocenters. The lowest BCUT2D eigenvalue weighted by Gasteiger charge is -2.04. The van der Waals surface area contributed by atoms with Crippen LogP contribution in [-0.4, -0.2) is 21.2 Å².